The lowest BCUT2D eigenvalue weighted by molar-refractivity contribution is -0.137. The van der Waals surface area contributed by atoms with E-state index in [1.54, 1.807) is 0 Å². The maximum absolute atomic E-state index is 10.2. The van der Waals surface area contributed by atoms with Crippen LogP contribution in [0.2, 0.25) is 0 Å². The van der Waals surface area contributed by atoms with E-state index in [1.165, 1.54) is 25.7 Å². The highest BCUT2D eigenvalue weighted by molar-refractivity contribution is 9.09. The predicted molar refractivity (Wildman–Crippen MR) is 58.3 cm³/mol. The lowest BCUT2D eigenvalue weighted by Gasteiger charge is -2.02. The number of halogens is 1. The van der Waals surface area contributed by atoms with Crippen molar-refractivity contribution in [1.29, 1.82) is 0 Å². The van der Waals surface area contributed by atoms with Crippen LogP contribution in [0.15, 0.2) is 0 Å². The van der Waals surface area contributed by atoms with E-state index in [1.807, 2.05) is 0 Å². The van der Waals surface area contributed by atoms with Crippen molar-refractivity contribution in [3.8, 4) is 0 Å². The first-order valence-corrected chi connectivity index (χ1v) is 5.90. The number of hydrogen-bond donors (Lipinski definition) is 1. The van der Waals surface area contributed by atoms with E-state index in [4.69, 9.17) is 5.11 Å². The van der Waals surface area contributed by atoms with Gasteiger partial charge < -0.3 is 5.11 Å². The summed E-state index contributed by atoms with van der Waals surface area (Å²) in [4.78, 5) is 10.8. The van der Waals surface area contributed by atoms with Crippen LogP contribution in [-0.2, 0) is 4.79 Å². The third-order valence-corrected chi connectivity index (χ3v) is 2.45. The molecular weight excluding hydrogens is 232 g/mol. The number of unbranched alkanes of at least 4 members (excludes halogenated alkanes) is 4. The molecule has 78 valence electrons. The molecule has 2 nitrogen and oxygen atoms in total. The van der Waals surface area contributed by atoms with E-state index in [9.17, 15) is 4.79 Å². The first kappa shape index (κ1) is 12.9. The molecule has 0 aliphatic carbocycles. The second kappa shape index (κ2) is 8.54. The Hall–Kier alpha value is -0.0500. The molecule has 13 heavy (non-hydrogen) atoms. The van der Waals surface area contributed by atoms with Gasteiger partial charge in [0.15, 0.2) is 0 Å². The number of carboxylic acids is 1. The van der Waals surface area contributed by atoms with Gasteiger partial charge in [-0.15, -0.1) is 0 Å². The Morgan fingerprint density at radius 3 is 2.31 bits per heavy atom. The zero-order chi connectivity index (χ0) is 10.1. The van der Waals surface area contributed by atoms with Crippen molar-refractivity contribution in [3.63, 3.8) is 0 Å². The van der Waals surface area contributed by atoms with Crippen molar-refractivity contribution in [2.24, 2.45) is 0 Å². The summed E-state index contributed by atoms with van der Waals surface area (Å²) in [5.74, 6) is -0.672. The number of carboxylic acid groups (broad SMARTS) is 1. The molecule has 0 saturated heterocycles. The molecular formula is C10H19BrO2. The molecule has 1 N–H and O–H groups in total. The molecule has 0 amide bonds. The topological polar surface area (TPSA) is 37.3 Å². The molecule has 0 rings (SSSR count). The molecule has 0 spiro atoms. The Kier molecular flexibility index (Phi) is 8.51. The molecule has 1 unspecified atom stereocenters. The van der Waals surface area contributed by atoms with Gasteiger partial charge >= 0.3 is 5.97 Å². The monoisotopic (exact) mass is 250 g/mol. The number of rotatable bonds is 8. The highest BCUT2D eigenvalue weighted by Crippen LogP contribution is 2.12. The van der Waals surface area contributed by atoms with Crippen LogP contribution in [0.4, 0.5) is 0 Å². The molecule has 3 heteroatoms. The van der Waals surface area contributed by atoms with E-state index in [0.717, 1.165) is 12.8 Å². The zero-order valence-electron chi connectivity index (χ0n) is 8.26. The second-order valence-electron chi connectivity index (χ2n) is 3.48. The minimum Gasteiger partial charge on any atom is -0.481 e. The lowest BCUT2D eigenvalue weighted by Crippen LogP contribution is -1.94. The van der Waals surface area contributed by atoms with Crippen molar-refractivity contribution >= 4 is 21.9 Å². The van der Waals surface area contributed by atoms with Gasteiger partial charge in [-0.1, -0.05) is 48.5 Å². The highest BCUT2D eigenvalue weighted by Gasteiger charge is 1.97. The number of aliphatic carboxylic acids is 1. The second-order valence-corrected chi connectivity index (χ2v) is 5.04. The normalized spacial score (nSPS) is 12.8. The van der Waals surface area contributed by atoms with Crippen molar-refractivity contribution in [2.45, 2.75) is 56.7 Å². The van der Waals surface area contributed by atoms with Crippen LogP contribution in [-0.4, -0.2) is 15.9 Å². The molecule has 0 aromatic carbocycles. The summed E-state index contributed by atoms with van der Waals surface area (Å²) in [6.07, 6.45) is 7.10. The summed E-state index contributed by atoms with van der Waals surface area (Å²) >= 11 is 3.50. The molecule has 0 bridgehead atoms. The molecule has 0 fully saturated rings. The molecule has 0 aliphatic rings. The molecule has 0 saturated carbocycles. The summed E-state index contributed by atoms with van der Waals surface area (Å²) in [5.41, 5.74) is 0. The largest absolute Gasteiger partial charge is 0.481 e. The van der Waals surface area contributed by atoms with E-state index in [0.29, 0.717) is 11.2 Å². The van der Waals surface area contributed by atoms with Crippen LogP contribution < -0.4 is 0 Å². The van der Waals surface area contributed by atoms with Gasteiger partial charge in [-0.2, -0.15) is 0 Å². The van der Waals surface area contributed by atoms with Gasteiger partial charge in [-0.3, -0.25) is 4.79 Å². The molecule has 0 aromatic rings. The Bertz CT molecular complexity index is 135. The fraction of sp³-hybridized carbons (Fsp3) is 0.900. The van der Waals surface area contributed by atoms with E-state index in [-0.39, 0.29) is 0 Å². The third kappa shape index (κ3) is 12.0. The van der Waals surface area contributed by atoms with Crippen molar-refractivity contribution in [3.05, 3.63) is 0 Å². The Balaban J connectivity index is 2.96. The van der Waals surface area contributed by atoms with Gasteiger partial charge in [0.05, 0.1) is 0 Å². The molecule has 0 heterocycles. The van der Waals surface area contributed by atoms with Crippen LogP contribution in [0.3, 0.4) is 0 Å². The minimum atomic E-state index is -0.672. The summed E-state index contributed by atoms with van der Waals surface area (Å²) in [5, 5.41) is 8.38. The fourth-order valence-corrected chi connectivity index (χ4v) is 1.56. The number of hydrogen-bond acceptors (Lipinski definition) is 1. The quantitative estimate of drug-likeness (QED) is 0.528. The van der Waals surface area contributed by atoms with E-state index in [2.05, 4.69) is 22.9 Å². The lowest BCUT2D eigenvalue weighted by atomic mass is 10.1. The summed E-state index contributed by atoms with van der Waals surface area (Å²) in [6, 6.07) is 0. The van der Waals surface area contributed by atoms with Crippen molar-refractivity contribution in [2.75, 3.05) is 0 Å². The smallest absolute Gasteiger partial charge is 0.303 e. The average molecular weight is 251 g/mol. The first-order valence-electron chi connectivity index (χ1n) is 4.99. The van der Waals surface area contributed by atoms with Crippen LogP contribution in [0.1, 0.15) is 51.9 Å². The van der Waals surface area contributed by atoms with Gasteiger partial charge in [-0.05, 0) is 12.8 Å². The first-order chi connectivity index (χ1) is 6.13. The SMILES string of the molecule is CC(Br)CCCCCCCC(=O)O. The molecule has 0 aromatic heterocycles. The predicted octanol–water partition coefficient (Wildman–Crippen LogP) is 3.59. The highest BCUT2D eigenvalue weighted by atomic mass is 79.9. The minimum absolute atomic E-state index is 0.328. The maximum atomic E-state index is 10.2. The van der Waals surface area contributed by atoms with Gasteiger partial charge in [0.1, 0.15) is 0 Å². The molecule has 0 aliphatic heterocycles. The average Bonchev–Trinajstić information content (AvgIpc) is 2.01. The Morgan fingerprint density at radius 1 is 1.23 bits per heavy atom. The van der Waals surface area contributed by atoms with Crippen LogP contribution >= 0.6 is 15.9 Å². The van der Waals surface area contributed by atoms with Crippen molar-refractivity contribution < 1.29 is 9.90 Å². The standard InChI is InChI=1S/C10H19BrO2/c1-9(11)7-5-3-2-4-6-8-10(12)13/h9H,2-8H2,1H3,(H,12,13). The zero-order valence-corrected chi connectivity index (χ0v) is 9.85. The number of alkyl halides is 1. The van der Waals surface area contributed by atoms with Crippen molar-refractivity contribution in [1.82, 2.24) is 0 Å². The van der Waals surface area contributed by atoms with Gasteiger partial charge in [0.25, 0.3) is 0 Å². The Morgan fingerprint density at radius 2 is 1.77 bits per heavy atom. The maximum Gasteiger partial charge on any atom is 0.303 e. The third-order valence-electron chi connectivity index (χ3n) is 1.99. The van der Waals surface area contributed by atoms with Crippen LogP contribution in [0.25, 0.3) is 0 Å². The van der Waals surface area contributed by atoms with E-state index < -0.39 is 5.97 Å². The van der Waals surface area contributed by atoms with Gasteiger partial charge in [-0.25, -0.2) is 0 Å². The number of carbonyl (C=O) groups is 1. The van der Waals surface area contributed by atoms with Crippen LogP contribution in [0.5, 0.6) is 0 Å². The Labute approximate surface area is 88.8 Å². The van der Waals surface area contributed by atoms with Gasteiger partial charge in [0, 0.05) is 11.2 Å². The van der Waals surface area contributed by atoms with Gasteiger partial charge in [0.2, 0.25) is 0 Å². The van der Waals surface area contributed by atoms with Crippen LogP contribution in [0, 0.1) is 0 Å². The summed E-state index contributed by atoms with van der Waals surface area (Å²) in [7, 11) is 0. The summed E-state index contributed by atoms with van der Waals surface area (Å²) < 4.78 is 0. The molecule has 1 atom stereocenters. The molecule has 0 radical (unpaired) electrons. The summed E-state index contributed by atoms with van der Waals surface area (Å²) in [6.45, 7) is 2.16. The van der Waals surface area contributed by atoms with E-state index >= 15 is 0 Å². The fourth-order valence-electron chi connectivity index (χ4n) is 1.23.